The lowest BCUT2D eigenvalue weighted by molar-refractivity contribution is -0.148. The number of rotatable bonds is 5. The number of likely N-dealkylation sites (tertiary alicyclic amines) is 2. The number of piperidine rings is 2. The molecule has 2 bridgehead atoms. The SMILES string of the molecule is COc1ccc(C2CCCCC2)c2c1cc1n2CC2=C(C(=O)NS(C)(=O)=O)C2=C2C=CC[C@@H](C(=O)N3CC4(C)CN(C)CC(C)(C3)C4)C21. The van der Waals surface area contributed by atoms with E-state index in [1.807, 2.05) is 0 Å². The van der Waals surface area contributed by atoms with Crippen LogP contribution in [0.15, 0.2) is 52.6 Å². The highest BCUT2D eigenvalue weighted by Crippen LogP contribution is 2.56. The third kappa shape index (κ3) is 5.25. The van der Waals surface area contributed by atoms with Gasteiger partial charge in [-0.15, -0.1) is 0 Å². The molecule has 4 heterocycles. The number of ether oxygens (including phenoxy) is 1. The van der Waals surface area contributed by atoms with Crippen molar-refractivity contribution in [1.82, 2.24) is 19.1 Å². The number of nitrogens with one attached hydrogen (secondary N) is 1. The number of allylic oxidation sites excluding steroid dienone is 4. The van der Waals surface area contributed by atoms with Crippen molar-refractivity contribution in [3.8, 4) is 5.75 Å². The van der Waals surface area contributed by atoms with E-state index in [0.29, 0.717) is 24.5 Å². The van der Waals surface area contributed by atoms with Crippen LogP contribution in [0, 0.1) is 16.7 Å². The van der Waals surface area contributed by atoms with E-state index in [0.717, 1.165) is 90.8 Å². The van der Waals surface area contributed by atoms with Crippen molar-refractivity contribution in [2.24, 2.45) is 16.7 Å². The molecule has 1 N–H and O–H groups in total. The summed E-state index contributed by atoms with van der Waals surface area (Å²) < 4.78 is 34.8. The fourth-order valence-corrected chi connectivity index (χ4v) is 11.2. The zero-order chi connectivity index (χ0) is 33.7. The number of sulfonamides is 1. The van der Waals surface area contributed by atoms with Crippen LogP contribution in [0.1, 0.15) is 81.9 Å². The van der Waals surface area contributed by atoms with Gasteiger partial charge < -0.3 is 19.1 Å². The first-order valence-corrected chi connectivity index (χ1v) is 19.5. The predicted molar refractivity (Wildman–Crippen MR) is 186 cm³/mol. The molecule has 1 aromatic carbocycles. The quantitative estimate of drug-likeness (QED) is 0.466. The second-order valence-electron chi connectivity index (χ2n) is 16.4. The molecule has 2 saturated heterocycles. The van der Waals surface area contributed by atoms with Crippen LogP contribution in [0.2, 0.25) is 0 Å². The number of carbonyl (C=O) groups excluding carboxylic acids is 2. The smallest absolute Gasteiger partial charge is 0.265 e. The van der Waals surface area contributed by atoms with Gasteiger partial charge in [0.15, 0.2) is 0 Å². The molecule has 0 radical (unpaired) electrons. The summed E-state index contributed by atoms with van der Waals surface area (Å²) >= 11 is 0. The first-order chi connectivity index (χ1) is 22.8. The number of aromatic nitrogens is 1. The van der Waals surface area contributed by atoms with Crippen LogP contribution >= 0.6 is 0 Å². The van der Waals surface area contributed by atoms with Crippen LogP contribution in [0.4, 0.5) is 0 Å². The Balaban J connectivity index is 1.29. The molecular weight excluding hydrogens is 625 g/mol. The summed E-state index contributed by atoms with van der Waals surface area (Å²) in [4.78, 5) is 33.0. The Labute approximate surface area is 284 Å². The van der Waals surface area contributed by atoms with Crippen molar-refractivity contribution in [2.75, 3.05) is 46.6 Å². The van der Waals surface area contributed by atoms with Crippen LogP contribution < -0.4 is 9.46 Å². The standard InChI is InChI=1S/C38H48N4O5S/c1-37-18-38(2,20-40(3)19-37)22-41(21-37)36(44)26-13-9-12-25-31(26)29-16-27-30(47-4)15-14-24(23-10-7-6-8-11-23)34(27)42(29)17-28-32(25)33(28)35(43)39-48(5,45)46/h9,12,14-16,23,26,31H,6-8,10-11,13,17-22H2,1-5H3,(H,39,43)/t26-,31?,37?,38?/m1/s1. The minimum Gasteiger partial charge on any atom is -0.496 e. The van der Waals surface area contributed by atoms with Gasteiger partial charge in [-0.1, -0.05) is 51.3 Å². The zero-order valence-corrected chi connectivity index (χ0v) is 29.7. The van der Waals surface area contributed by atoms with Crippen molar-refractivity contribution in [3.05, 3.63) is 63.9 Å². The fourth-order valence-electron chi connectivity index (χ4n) is 10.8. The number of hydrogen-bond acceptors (Lipinski definition) is 6. The van der Waals surface area contributed by atoms with Gasteiger partial charge in [-0.3, -0.25) is 9.59 Å². The monoisotopic (exact) mass is 672 g/mol. The molecule has 0 spiro atoms. The van der Waals surface area contributed by atoms with Crippen molar-refractivity contribution >= 4 is 32.7 Å². The van der Waals surface area contributed by atoms with Crippen LogP contribution in [0.3, 0.4) is 0 Å². The molecule has 256 valence electrons. The van der Waals surface area contributed by atoms with E-state index < -0.39 is 15.9 Å². The van der Waals surface area contributed by atoms with Gasteiger partial charge in [-0.2, -0.15) is 0 Å². The molecule has 1 aromatic heterocycles. The van der Waals surface area contributed by atoms with E-state index in [2.05, 4.69) is 70.3 Å². The van der Waals surface area contributed by atoms with E-state index in [-0.39, 0.29) is 28.6 Å². The number of benzene rings is 1. The summed E-state index contributed by atoms with van der Waals surface area (Å²) in [5.41, 5.74) is 6.64. The van der Waals surface area contributed by atoms with E-state index in [1.54, 1.807) is 7.11 Å². The van der Waals surface area contributed by atoms with E-state index in [9.17, 15) is 18.0 Å². The summed E-state index contributed by atoms with van der Waals surface area (Å²) in [7, 11) is 0.150. The van der Waals surface area contributed by atoms with Gasteiger partial charge in [-0.25, -0.2) is 13.1 Å². The van der Waals surface area contributed by atoms with Gasteiger partial charge in [-0.05, 0) is 83.9 Å². The van der Waals surface area contributed by atoms with E-state index in [4.69, 9.17) is 4.74 Å². The minimum atomic E-state index is -3.75. The highest BCUT2D eigenvalue weighted by molar-refractivity contribution is 7.89. The lowest BCUT2D eigenvalue weighted by atomic mass is 9.65. The van der Waals surface area contributed by atoms with Gasteiger partial charge >= 0.3 is 0 Å². The Hall–Kier alpha value is -3.37. The predicted octanol–water partition coefficient (Wildman–Crippen LogP) is 5.24. The number of methoxy groups -OCH3 is 1. The maximum absolute atomic E-state index is 15.0. The molecule has 9 nitrogen and oxygen atoms in total. The lowest BCUT2D eigenvalue weighted by Crippen LogP contribution is -2.63. The first kappa shape index (κ1) is 31.9. The summed E-state index contributed by atoms with van der Waals surface area (Å²) in [6.07, 6.45) is 12.8. The number of amides is 2. The average Bonchev–Trinajstić information content (AvgIpc) is 3.64. The normalized spacial score (nSPS) is 30.5. The maximum atomic E-state index is 15.0. The second-order valence-corrected chi connectivity index (χ2v) is 18.1. The highest BCUT2D eigenvalue weighted by atomic mass is 32.2. The van der Waals surface area contributed by atoms with Crippen LogP contribution in [-0.4, -0.2) is 81.2 Å². The van der Waals surface area contributed by atoms with E-state index in [1.165, 1.54) is 24.8 Å². The molecule has 48 heavy (non-hydrogen) atoms. The molecule has 2 aromatic rings. The molecule has 2 amide bonds. The van der Waals surface area contributed by atoms with Crippen molar-refractivity contribution in [3.63, 3.8) is 0 Å². The number of carbonyl (C=O) groups is 2. The minimum absolute atomic E-state index is 0.0319. The molecule has 3 unspecified atom stereocenters. The van der Waals surface area contributed by atoms with Crippen molar-refractivity contribution in [1.29, 1.82) is 0 Å². The molecule has 4 atom stereocenters. The number of fused-ring (bicyclic) bond motifs is 8. The molecule has 10 heteroatoms. The third-order valence-corrected chi connectivity index (χ3v) is 12.5. The summed E-state index contributed by atoms with van der Waals surface area (Å²) in [5, 5.41) is 1.04. The summed E-state index contributed by atoms with van der Waals surface area (Å²) in [6.45, 7) is 8.51. The number of nitrogens with zero attached hydrogens (tertiary/aromatic N) is 3. The van der Waals surface area contributed by atoms with Gasteiger partial charge in [0.2, 0.25) is 15.9 Å². The van der Waals surface area contributed by atoms with E-state index >= 15 is 0 Å². The Kier molecular flexibility index (Phi) is 7.35. The van der Waals surface area contributed by atoms with Crippen LogP contribution in [0.25, 0.3) is 10.9 Å². The topological polar surface area (TPSA) is 101 Å². The molecule has 3 fully saturated rings. The Morgan fingerprint density at radius 2 is 1.73 bits per heavy atom. The average molecular weight is 673 g/mol. The maximum Gasteiger partial charge on any atom is 0.265 e. The van der Waals surface area contributed by atoms with Gasteiger partial charge in [0.25, 0.3) is 5.91 Å². The second kappa shape index (κ2) is 11.1. The lowest BCUT2D eigenvalue weighted by Gasteiger charge is -2.56. The largest absolute Gasteiger partial charge is 0.496 e. The third-order valence-electron chi connectivity index (χ3n) is 11.9. The molecule has 3 aliphatic heterocycles. The molecule has 1 saturated carbocycles. The van der Waals surface area contributed by atoms with Gasteiger partial charge in [0.1, 0.15) is 5.75 Å². The molecule has 3 aliphatic carbocycles. The Morgan fingerprint density at radius 1 is 1.02 bits per heavy atom. The molecule has 6 aliphatic rings. The van der Waals surface area contributed by atoms with Gasteiger partial charge in [0, 0.05) is 49.7 Å². The zero-order valence-electron chi connectivity index (χ0n) is 28.9. The Morgan fingerprint density at radius 3 is 2.40 bits per heavy atom. The number of hydrogen-bond donors (Lipinski definition) is 1. The summed E-state index contributed by atoms with van der Waals surface area (Å²) in [6, 6.07) is 6.55. The summed E-state index contributed by atoms with van der Waals surface area (Å²) in [5.74, 6) is 0.200. The molecular formula is C38H48N4O5S. The molecule has 8 rings (SSSR count). The highest BCUT2D eigenvalue weighted by Gasteiger charge is 2.52. The van der Waals surface area contributed by atoms with Gasteiger partial charge in [0.05, 0.1) is 30.4 Å². The van der Waals surface area contributed by atoms with Crippen molar-refractivity contribution in [2.45, 2.75) is 77.2 Å². The Bertz CT molecular complexity index is 1930. The fraction of sp³-hybridized carbons (Fsp3) is 0.579. The first-order valence-electron chi connectivity index (χ1n) is 17.6. The van der Waals surface area contributed by atoms with Crippen molar-refractivity contribution < 1.29 is 22.7 Å². The van der Waals surface area contributed by atoms with Crippen LogP contribution in [-0.2, 0) is 26.2 Å². The van der Waals surface area contributed by atoms with Crippen LogP contribution in [0.5, 0.6) is 5.75 Å².